The van der Waals surface area contributed by atoms with Crippen molar-refractivity contribution in [3.8, 4) is 0 Å². The van der Waals surface area contributed by atoms with E-state index in [4.69, 9.17) is 5.73 Å². The third-order valence-corrected chi connectivity index (χ3v) is 3.55. The van der Waals surface area contributed by atoms with Crippen LogP contribution in [0.5, 0.6) is 0 Å². The van der Waals surface area contributed by atoms with Gasteiger partial charge in [-0.25, -0.2) is 0 Å². The number of halogens is 1. The minimum absolute atomic E-state index is 0. The lowest BCUT2D eigenvalue weighted by atomic mass is 10.1. The van der Waals surface area contributed by atoms with Crippen molar-refractivity contribution in [2.75, 3.05) is 13.1 Å². The Morgan fingerprint density at radius 2 is 2.00 bits per heavy atom. The van der Waals surface area contributed by atoms with E-state index in [1.807, 2.05) is 6.07 Å². The molecule has 1 aromatic rings. The van der Waals surface area contributed by atoms with E-state index in [9.17, 15) is 4.79 Å². The fraction of sp³-hybridized carbons (Fsp3) is 0.588. The van der Waals surface area contributed by atoms with Crippen molar-refractivity contribution in [2.24, 2.45) is 5.73 Å². The summed E-state index contributed by atoms with van der Waals surface area (Å²) in [5, 5.41) is 2.85. The molecule has 1 aromatic carbocycles. The third kappa shape index (κ3) is 7.78. The largest absolute Gasteiger partial charge is 0.351 e. The molecule has 1 unspecified atom stereocenters. The zero-order valence-electron chi connectivity index (χ0n) is 14.0. The van der Waals surface area contributed by atoms with Crippen molar-refractivity contribution in [2.45, 2.75) is 52.7 Å². The first kappa shape index (κ1) is 20.9. The van der Waals surface area contributed by atoms with Gasteiger partial charge in [-0.2, -0.15) is 0 Å². The number of hydrogen-bond acceptors (Lipinski definition) is 3. The smallest absolute Gasteiger partial charge is 0.236 e. The highest BCUT2D eigenvalue weighted by molar-refractivity contribution is 5.85. The molecule has 0 aliphatic carbocycles. The molecule has 0 bridgehead atoms. The lowest BCUT2D eigenvalue weighted by Gasteiger charge is -2.20. The summed E-state index contributed by atoms with van der Waals surface area (Å²) in [5.41, 5.74) is 7.95. The predicted octanol–water partition coefficient (Wildman–Crippen LogP) is 2.69. The Bertz CT molecular complexity index is 438. The van der Waals surface area contributed by atoms with E-state index in [0.29, 0.717) is 6.54 Å². The Kier molecular flexibility index (Phi) is 10.9. The average Bonchev–Trinajstić information content (AvgIpc) is 2.49. The highest BCUT2D eigenvalue weighted by Gasteiger charge is 2.07. The Morgan fingerprint density at radius 3 is 2.59 bits per heavy atom. The molecule has 0 saturated heterocycles. The number of benzene rings is 1. The maximum absolute atomic E-state index is 11.5. The maximum atomic E-state index is 11.5. The second-order valence-electron chi connectivity index (χ2n) is 5.55. The molecule has 0 radical (unpaired) electrons. The van der Waals surface area contributed by atoms with Gasteiger partial charge in [0.2, 0.25) is 5.91 Å². The van der Waals surface area contributed by atoms with Crippen molar-refractivity contribution in [1.82, 2.24) is 10.2 Å². The number of hydrogen-bond donors (Lipinski definition) is 2. The number of carbonyl (C=O) groups excluding carboxylic acids is 1. The Balaban J connectivity index is 0.00000441. The van der Waals surface area contributed by atoms with Gasteiger partial charge in [-0.3, -0.25) is 9.69 Å². The molecule has 0 aliphatic rings. The molecule has 0 spiro atoms. The first-order chi connectivity index (χ1) is 10.1. The summed E-state index contributed by atoms with van der Waals surface area (Å²) in [6.45, 7) is 9.81. The minimum atomic E-state index is -0.460. The fourth-order valence-electron chi connectivity index (χ4n) is 2.18. The van der Waals surface area contributed by atoms with Crippen LogP contribution in [0.25, 0.3) is 0 Å². The van der Waals surface area contributed by atoms with Crippen LogP contribution in [0, 0.1) is 0 Å². The Hall–Kier alpha value is -1.10. The molecule has 1 rings (SSSR count). The summed E-state index contributed by atoms with van der Waals surface area (Å²) in [6, 6.07) is 7.93. The second-order valence-corrected chi connectivity index (χ2v) is 5.55. The average molecular weight is 328 g/mol. The van der Waals surface area contributed by atoms with E-state index in [2.05, 4.69) is 42.3 Å². The van der Waals surface area contributed by atoms with Crippen molar-refractivity contribution in [3.05, 3.63) is 35.4 Å². The first-order valence-corrected chi connectivity index (χ1v) is 7.90. The fourth-order valence-corrected chi connectivity index (χ4v) is 2.18. The number of nitrogens with one attached hydrogen (secondary N) is 1. The molecular formula is C17H30ClN3O. The van der Waals surface area contributed by atoms with Crippen LogP contribution in [-0.2, 0) is 17.9 Å². The number of rotatable bonds is 9. The molecule has 0 saturated carbocycles. The molecule has 3 N–H and O–H groups in total. The predicted molar refractivity (Wildman–Crippen MR) is 95.0 cm³/mol. The molecular weight excluding hydrogens is 298 g/mol. The van der Waals surface area contributed by atoms with Gasteiger partial charge < -0.3 is 11.1 Å². The standard InChI is InChI=1S/C17H29N3O.ClH/c1-4-6-10-20(5-2)13-16-9-7-8-15(11-16)12-19-17(21)14(3)18;/h7-9,11,14H,4-6,10,12-13,18H2,1-3H3,(H,19,21);1H. The quantitative estimate of drug-likeness (QED) is 0.733. The van der Waals surface area contributed by atoms with Crippen LogP contribution >= 0.6 is 12.4 Å². The van der Waals surface area contributed by atoms with Gasteiger partial charge in [0.25, 0.3) is 0 Å². The number of amides is 1. The van der Waals surface area contributed by atoms with Crippen LogP contribution in [0.2, 0.25) is 0 Å². The monoisotopic (exact) mass is 327 g/mol. The van der Waals surface area contributed by atoms with Crippen molar-refractivity contribution in [3.63, 3.8) is 0 Å². The van der Waals surface area contributed by atoms with Crippen LogP contribution in [-0.4, -0.2) is 29.9 Å². The summed E-state index contributed by atoms with van der Waals surface area (Å²) >= 11 is 0. The van der Waals surface area contributed by atoms with E-state index in [1.165, 1.54) is 18.4 Å². The molecule has 126 valence electrons. The molecule has 0 aliphatic heterocycles. The lowest BCUT2D eigenvalue weighted by molar-refractivity contribution is -0.122. The van der Waals surface area contributed by atoms with Crippen molar-refractivity contribution < 1.29 is 4.79 Å². The highest BCUT2D eigenvalue weighted by atomic mass is 35.5. The van der Waals surface area contributed by atoms with Gasteiger partial charge in [0, 0.05) is 13.1 Å². The van der Waals surface area contributed by atoms with Gasteiger partial charge in [0.1, 0.15) is 0 Å². The van der Waals surface area contributed by atoms with E-state index < -0.39 is 6.04 Å². The van der Waals surface area contributed by atoms with Gasteiger partial charge in [-0.05, 0) is 37.6 Å². The first-order valence-electron chi connectivity index (χ1n) is 7.90. The summed E-state index contributed by atoms with van der Waals surface area (Å²) in [5.74, 6) is -0.112. The number of carbonyl (C=O) groups is 1. The summed E-state index contributed by atoms with van der Waals surface area (Å²) in [7, 11) is 0. The molecule has 0 aromatic heterocycles. The van der Waals surface area contributed by atoms with Crippen LogP contribution in [0.4, 0.5) is 0 Å². The molecule has 1 amide bonds. The summed E-state index contributed by atoms with van der Waals surface area (Å²) < 4.78 is 0. The van der Waals surface area contributed by atoms with Crippen LogP contribution < -0.4 is 11.1 Å². The lowest BCUT2D eigenvalue weighted by Crippen LogP contribution is -2.37. The van der Waals surface area contributed by atoms with Gasteiger partial charge in [-0.1, -0.05) is 44.5 Å². The molecule has 0 fully saturated rings. The zero-order valence-corrected chi connectivity index (χ0v) is 14.8. The van der Waals surface area contributed by atoms with E-state index >= 15 is 0 Å². The molecule has 5 heteroatoms. The summed E-state index contributed by atoms with van der Waals surface area (Å²) in [6.07, 6.45) is 2.46. The van der Waals surface area contributed by atoms with Gasteiger partial charge in [0.05, 0.1) is 6.04 Å². The Morgan fingerprint density at radius 1 is 1.32 bits per heavy atom. The molecule has 4 nitrogen and oxygen atoms in total. The Labute approximate surface area is 140 Å². The van der Waals surface area contributed by atoms with Gasteiger partial charge in [-0.15, -0.1) is 12.4 Å². The number of nitrogens with zero attached hydrogens (tertiary/aromatic N) is 1. The van der Waals surface area contributed by atoms with E-state index in [-0.39, 0.29) is 18.3 Å². The zero-order chi connectivity index (χ0) is 15.7. The topological polar surface area (TPSA) is 58.4 Å². The molecule has 22 heavy (non-hydrogen) atoms. The SMILES string of the molecule is CCCCN(CC)Cc1cccc(CNC(=O)C(C)N)c1.Cl. The third-order valence-electron chi connectivity index (χ3n) is 3.55. The number of unbranched alkanes of at least 4 members (excludes halogenated alkanes) is 1. The van der Waals surface area contributed by atoms with Crippen LogP contribution in [0.3, 0.4) is 0 Å². The second kappa shape index (κ2) is 11.5. The minimum Gasteiger partial charge on any atom is -0.351 e. The van der Waals surface area contributed by atoms with Crippen LogP contribution in [0.1, 0.15) is 44.7 Å². The van der Waals surface area contributed by atoms with Crippen molar-refractivity contribution >= 4 is 18.3 Å². The van der Waals surface area contributed by atoms with Gasteiger partial charge >= 0.3 is 0 Å². The van der Waals surface area contributed by atoms with Crippen LogP contribution in [0.15, 0.2) is 24.3 Å². The van der Waals surface area contributed by atoms with E-state index in [1.54, 1.807) is 6.92 Å². The molecule has 1 atom stereocenters. The summed E-state index contributed by atoms with van der Waals surface area (Å²) in [4.78, 5) is 13.9. The highest BCUT2D eigenvalue weighted by Crippen LogP contribution is 2.09. The van der Waals surface area contributed by atoms with Crippen molar-refractivity contribution in [1.29, 1.82) is 0 Å². The molecule has 0 heterocycles. The normalized spacial score (nSPS) is 11.9. The van der Waals surface area contributed by atoms with Gasteiger partial charge in [0.15, 0.2) is 0 Å². The number of nitrogens with two attached hydrogens (primary N) is 1. The maximum Gasteiger partial charge on any atom is 0.236 e. The van der Waals surface area contributed by atoms with E-state index in [0.717, 1.165) is 25.2 Å².